The highest BCUT2D eigenvalue weighted by Crippen LogP contribution is 2.18. The van der Waals surface area contributed by atoms with Crippen LogP contribution >= 0.6 is 12.4 Å². The summed E-state index contributed by atoms with van der Waals surface area (Å²) in [7, 11) is 0. The molecule has 2 fully saturated rings. The highest BCUT2D eigenvalue weighted by molar-refractivity contribution is 5.85. The average Bonchev–Trinajstić information content (AvgIpc) is 3.29. The van der Waals surface area contributed by atoms with Crippen LogP contribution in [0.5, 0.6) is 0 Å². The summed E-state index contributed by atoms with van der Waals surface area (Å²) in [6.45, 7) is 4.63. The number of carbonyl (C=O) groups is 1. The molecule has 2 heterocycles. The number of rotatable bonds is 8. The number of amides is 1. The van der Waals surface area contributed by atoms with E-state index in [1.54, 1.807) is 0 Å². The Balaban J connectivity index is 0.00000225. The molecule has 1 aromatic carbocycles. The molecular weight excluding hydrogens is 336 g/mol. The van der Waals surface area contributed by atoms with Gasteiger partial charge in [-0.15, -0.1) is 12.4 Å². The number of hydrogen-bond donors (Lipinski definition) is 1. The zero-order valence-corrected chi connectivity index (χ0v) is 15.8. The van der Waals surface area contributed by atoms with Crippen LogP contribution in [0.15, 0.2) is 30.3 Å². The number of ether oxygens (including phenoxy) is 1. The lowest BCUT2D eigenvalue weighted by Crippen LogP contribution is -2.30. The Labute approximate surface area is 157 Å². The van der Waals surface area contributed by atoms with Gasteiger partial charge in [0.15, 0.2) is 0 Å². The second-order valence-electron chi connectivity index (χ2n) is 7.11. The van der Waals surface area contributed by atoms with E-state index in [0.717, 1.165) is 58.5 Å². The third kappa shape index (κ3) is 6.61. The maximum Gasteiger partial charge on any atom is 0.222 e. The summed E-state index contributed by atoms with van der Waals surface area (Å²) in [4.78, 5) is 14.3. The van der Waals surface area contributed by atoms with Crippen LogP contribution in [0.3, 0.4) is 0 Å². The minimum atomic E-state index is 0. The number of aryl methyl sites for hydroxylation is 1. The van der Waals surface area contributed by atoms with E-state index in [-0.39, 0.29) is 18.5 Å². The van der Waals surface area contributed by atoms with Crippen molar-refractivity contribution in [3.63, 3.8) is 0 Å². The SMILES string of the molecule is Cl.O=C(CCC1CCNC1)N1CCC(OCCCc2ccccc2)C1. The van der Waals surface area contributed by atoms with Gasteiger partial charge in [0.05, 0.1) is 6.10 Å². The Bertz CT molecular complexity index is 506. The van der Waals surface area contributed by atoms with Crippen LogP contribution in [0, 0.1) is 5.92 Å². The first-order valence-corrected chi connectivity index (χ1v) is 9.45. The molecule has 3 rings (SSSR count). The molecule has 2 aliphatic heterocycles. The van der Waals surface area contributed by atoms with Crippen LogP contribution in [0.25, 0.3) is 0 Å². The summed E-state index contributed by atoms with van der Waals surface area (Å²) >= 11 is 0. The van der Waals surface area contributed by atoms with E-state index in [1.165, 1.54) is 12.0 Å². The van der Waals surface area contributed by atoms with Gasteiger partial charge in [-0.05, 0) is 56.7 Å². The fourth-order valence-electron chi connectivity index (χ4n) is 3.71. The van der Waals surface area contributed by atoms with Gasteiger partial charge in [0.2, 0.25) is 5.91 Å². The van der Waals surface area contributed by atoms with Gasteiger partial charge in [-0.2, -0.15) is 0 Å². The molecule has 0 bridgehead atoms. The predicted molar refractivity (Wildman–Crippen MR) is 103 cm³/mol. The van der Waals surface area contributed by atoms with Crippen molar-refractivity contribution in [3.05, 3.63) is 35.9 Å². The molecule has 25 heavy (non-hydrogen) atoms. The zero-order chi connectivity index (χ0) is 16.6. The van der Waals surface area contributed by atoms with Crippen molar-refractivity contribution in [1.82, 2.24) is 10.2 Å². The molecule has 0 saturated carbocycles. The fourth-order valence-corrected chi connectivity index (χ4v) is 3.71. The van der Waals surface area contributed by atoms with E-state index >= 15 is 0 Å². The molecule has 2 aliphatic rings. The largest absolute Gasteiger partial charge is 0.376 e. The molecule has 5 heteroatoms. The van der Waals surface area contributed by atoms with E-state index in [1.807, 2.05) is 11.0 Å². The van der Waals surface area contributed by atoms with E-state index in [0.29, 0.717) is 18.2 Å². The molecule has 2 unspecified atom stereocenters. The topological polar surface area (TPSA) is 41.6 Å². The lowest BCUT2D eigenvalue weighted by molar-refractivity contribution is -0.131. The molecule has 2 atom stereocenters. The minimum absolute atomic E-state index is 0. The number of halogens is 1. The lowest BCUT2D eigenvalue weighted by atomic mass is 10.0. The normalized spacial score (nSPS) is 22.8. The van der Waals surface area contributed by atoms with E-state index < -0.39 is 0 Å². The molecule has 2 saturated heterocycles. The average molecular weight is 367 g/mol. The number of carbonyl (C=O) groups excluding carboxylic acids is 1. The van der Waals surface area contributed by atoms with Crippen molar-refractivity contribution in [3.8, 4) is 0 Å². The van der Waals surface area contributed by atoms with Gasteiger partial charge in [-0.1, -0.05) is 30.3 Å². The molecule has 1 N–H and O–H groups in total. The molecule has 140 valence electrons. The molecule has 0 spiro atoms. The first-order valence-electron chi connectivity index (χ1n) is 9.45. The van der Waals surface area contributed by atoms with Crippen molar-refractivity contribution in [2.45, 2.75) is 44.6 Å². The fraction of sp³-hybridized carbons (Fsp3) is 0.650. The van der Waals surface area contributed by atoms with Crippen molar-refractivity contribution >= 4 is 18.3 Å². The lowest BCUT2D eigenvalue weighted by Gasteiger charge is -2.18. The van der Waals surface area contributed by atoms with Gasteiger partial charge in [-0.25, -0.2) is 0 Å². The highest BCUT2D eigenvalue weighted by atomic mass is 35.5. The quantitative estimate of drug-likeness (QED) is 0.719. The van der Waals surface area contributed by atoms with Gasteiger partial charge in [-0.3, -0.25) is 4.79 Å². The Morgan fingerprint density at radius 2 is 2.08 bits per heavy atom. The number of nitrogens with zero attached hydrogens (tertiary/aromatic N) is 1. The zero-order valence-electron chi connectivity index (χ0n) is 15.0. The second-order valence-corrected chi connectivity index (χ2v) is 7.11. The third-order valence-electron chi connectivity index (χ3n) is 5.23. The molecule has 1 amide bonds. The van der Waals surface area contributed by atoms with Gasteiger partial charge in [0.1, 0.15) is 0 Å². The maximum absolute atomic E-state index is 12.3. The Kier molecular flexibility index (Phi) is 8.73. The van der Waals surface area contributed by atoms with Gasteiger partial charge in [0, 0.05) is 26.1 Å². The molecule has 0 aliphatic carbocycles. The summed E-state index contributed by atoms with van der Waals surface area (Å²) in [6.07, 6.45) is 6.28. The van der Waals surface area contributed by atoms with Crippen LogP contribution in [-0.4, -0.2) is 49.7 Å². The summed E-state index contributed by atoms with van der Waals surface area (Å²) in [5.74, 6) is 1.01. The molecule has 4 nitrogen and oxygen atoms in total. The third-order valence-corrected chi connectivity index (χ3v) is 5.23. The number of likely N-dealkylation sites (tertiary alicyclic amines) is 1. The van der Waals surface area contributed by atoms with E-state index in [4.69, 9.17) is 4.74 Å². The Morgan fingerprint density at radius 3 is 2.84 bits per heavy atom. The van der Waals surface area contributed by atoms with Crippen LogP contribution in [-0.2, 0) is 16.0 Å². The Morgan fingerprint density at radius 1 is 1.24 bits per heavy atom. The maximum atomic E-state index is 12.3. The summed E-state index contributed by atoms with van der Waals surface area (Å²) in [5.41, 5.74) is 1.37. The van der Waals surface area contributed by atoms with Crippen LogP contribution < -0.4 is 5.32 Å². The number of hydrogen-bond acceptors (Lipinski definition) is 3. The smallest absolute Gasteiger partial charge is 0.222 e. The first-order chi connectivity index (χ1) is 11.8. The van der Waals surface area contributed by atoms with Crippen molar-refractivity contribution in [2.24, 2.45) is 5.92 Å². The molecular formula is C20H31ClN2O2. The van der Waals surface area contributed by atoms with Gasteiger partial charge < -0.3 is 15.0 Å². The summed E-state index contributed by atoms with van der Waals surface area (Å²) < 4.78 is 5.98. The monoisotopic (exact) mass is 366 g/mol. The number of nitrogens with one attached hydrogen (secondary N) is 1. The van der Waals surface area contributed by atoms with Gasteiger partial charge >= 0.3 is 0 Å². The van der Waals surface area contributed by atoms with Crippen LogP contribution in [0.1, 0.15) is 37.7 Å². The first kappa shape index (κ1) is 20.2. The Hall–Kier alpha value is -1.10. The van der Waals surface area contributed by atoms with Crippen molar-refractivity contribution < 1.29 is 9.53 Å². The molecule has 0 aromatic heterocycles. The van der Waals surface area contributed by atoms with E-state index in [9.17, 15) is 4.79 Å². The van der Waals surface area contributed by atoms with Crippen LogP contribution in [0.2, 0.25) is 0 Å². The van der Waals surface area contributed by atoms with E-state index in [2.05, 4.69) is 29.6 Å². The van der Waals surface area contributed by atoms with Gasteiger partial charge in [0.25, 0.3) is 0 Å². The van der Waals surface area contributed by atoms with Crippen molar-refractivity contribution in [2.75, 3.05) is 32.8 Å². The number of benzene rings is 1. The molecule has 1 aromatic rings. The van der Waals surface area contributed by atoms with Crippen LogP contribution in [0.4, 0.5) is 0 Å². The molecule has 0 radical (unpaired) electrons. The standard InChI is InChI=1S/C20H30N2O2.ClH/c23-20(9-8-18-10-12-21-15-18)22-13-11-19(16-22)24-14-4-7-17-5-2-1-3-6-17;/h1-3,5-6,18-19,21H,4,7-16H2;1H. The second kappa shape index (κ2) is 10.8. The van der Waals surface area contributed by atoms with Crippen molar-refractivity contribution in [1.29, 1.82) is 0 Å². The summed E-state index contributed by atoms with van der Waals surface area (Å²) in [6, 6.07) is 10.5. The predicted octanol–water partition coefficient (Wildman–Crippen LogP) is 3.05. The highest BCUT2D eigenvalue weighted by Gasteiger charge is 2.27. The summed E-state index contributed by atoms with van der Waals surface area (Å²) in [5, 5.41) is 3.37. The minimum Gasteiger partial charge on any atom is -0.376 e.